The van der Waals surface area contributed by atoms with Crippen molar-refractivity contribution in [3.05, 3.63) is 11.1 Å². The van der Waals surface area contributed by atoms with Crippen LogP contribution in [0.2, 0.25) is 0 Å². The molecule has 0 bridgehead atoms. The molecule has 0 aliphatic rings. The molecule has 8 nitrogen and oxygen atoms in total. The third kappa shape index (κ3) is 6.12. The molecule has 5 N–H and O–H groups in total. The van der Waals surface area contributed by atoms with Gasteiger partial charge in [-0.25, -0.2) is 15.8 Å². The molecule has 1 heterocycles. The standard InChI is InChI=1S/C11H18N8S/c1-14-10(16-7-12)15-5-3-2-4-9-6-20-11(19-9)17-8-18-13/h6,8H,2-5,13H2,1H3,(H2,14,15,16)(H,17,18,19). The van der Waals surface area contributed by atoms with E-state index >= 15 is 0 Å². The van der Waals surface area contributed by atoms with Crippen molar-refractivity contribution < 1.29 is 0 Å². The van der Waals surface area contributed by atoms with E-state index in [-0.39, 0.29) is 0 Å². The molecule has 108 valence electrons. The zero-order valence-corrected chi connectivity index (χ0v) is 12.1. The van der Waals surface area contributed by atoms with Crippen molar-refractivity contribution in [3.63, 3.8) is 0 Å². The first-order valence-electron chi connectivity index (χ1n) is 6.09. The maximum absolute atomic E-state index is 8.47. The molecule has 0 aliphatic carbocycles. The van der Waals surface area contributed by atoms with Gasteiger partial charge >= 0.3 is 0 Å². The Kier molecular flexibility index (Phi) is 7.71. The highest BCUT2D eigenvalue weighted by molar-refractivity contribution is 7.13. The number of nitrogens with zero attached hydrogens (tertiary/aromatic N) is 4. The fourth-order valence-corrected chi connectivity index (χ4v) is 2.13. The minimum Gasteiger partial charge on any atom is -0.356 e. The molecule has 1 aromatic heterocycles. The maximum Gasteiger partial charge on any atom is 0.210 e. The molecule has 0 aromatic carbocycles. The van der Waals surface area contributed by atoms with Crippen LogP contribution in [0.1, 0.15) is 18.5 Å². The van der Waals surface area contributed by atoms with E-state index in [1.165, 1.54) is 17.7 Å². The topological polar surface area (TPSA) is 124 Å². The number of hydrogen-bond donors (Lipinski definition) is 4. The van der Waals surface area contributed by atoms with Gasteiger partial charge in [0.2, 0.25) is 11.1 Å². The van der Waals surface area contributed by atoms with Crippen LogP contribution in [0.3, 0.4) is 0 Å². The van der Waals surface area contributed by atoms with Gasteiger partial charge in [-0.15, -0.1) is 11.3 Å². The van der Waals surface area contributed by atoms with Crippen LogP contribution in [0.15, 0.2) is 15.4 Å². The minimum absolute atomic E-state index is 0.493. The molecule has 0 aliphatic heterocycles. The lowest BCUT2D eigenvalue weighted by Crippen LogP contribution is -2.34. The summed E-state index contributed by atoms with van der Waals surface area (Å²) in [5.41, 5.74) is 3.37. The van der Waals surface area contributed by atoms with Gasteiger partial charge in [0, 0.05) is 19.0 Å². The number of aromatic nitrogens is 1. The van der Waals surface area contributed by atoms with E-state index in [9.17, 15) is 0 Å². The SMILES string of the molecule is CN=C(NC#N)NCCCCc1csc(N=CNN)n1. The number of aryl methyl sites for hydroxylation is 1. The molecule has 0 fully saturated rings. The van der Waals surface area contributed by atoms with Crippen molar-refractivity contribution in [2.45, 2.75) is 19.3 Å². The fraction of sp³-hybridized carbons (Fsp3) is 0.455. The van der Waals surface area contributed by atoms with Crippen molar-refractivity contribution in [1.82, 2.24) is 21.0 Å². The third-order valence-corrected chi connectivity index (χ3v) is 3.14. The van der Waals surface area contributed by atoms with Crippen molar-refractivity contribution in [1.29, 1.82) is 5.26 Å². The largest absolute Gasteiger partial charge is 0.356 e. The molecule has 0 spiro atoms. The van der Waals surface area contributed by atoms with E-state index < -0.39 is 0 Å². The summed E-state index contributed by atoms with van der Waals surface area (Å²) >= 11 is 1.48. The van der Waals surface area contributed by atoms with Crippen LogP contribution in [0, 0.1) is 11.5 Å². The van der Waals surface area contributed by atoms with Crippen molar-refractivity contribution in [3.8, 4) is 6.19 Å². The Morgan fingerprint density at radius 1 is 1.60 bits per heavy atom. The monoisotopic (exact) mass is 294 g/mol. The quantitative estimate of drug-likeness (QED) is 0.109. The van der Waals surface area contributed by atoms with Gasteiger partial charge in [0.1, 0.15) is 6.34 Å². The highest BCUT2D eigenvalue weighted by Crippen LogP contribution is 2.19. The van der Waals surface area contributed by atoms with Gasteiger partial charge in [-0.2, -0.15) is 5.26 Å². The molecule has 1 rings (SSSR count). The summed E-state index contributed by atoms with van der Waals surface area (Å²) in [6, 6.07) is 0. The molecule has 0 unspecified atom stereocenters. The first kappa shape index (κ1) is 15.9. The Balaban J connectivity index is 2.20. The van der Waals surface area contributed by atoms with Gasteiger partial charge in [-0.05, 0) is 19.3 Å². The zero-order chi connectivity index (χ0) is 14.6. The highest BCUT2D eigenvalue weighted by atomic mass is 32.1. The van der Waals surface area contributed by atoms with Crippen molar-refractivity contribution in [2.24, 2.45) is 15.8 Å². The number of aliphatic imine (C=N–C) groups is 2. The van der Waals surface area contributed by atoms with Crippen LogP contribution in [0.5, 0.6) is 0 Å². The Labute approximate surface area is 121 Å². The number of guanidine groups is 1. The molecule has 20 heavy (non-hydrogen) atoms. The van der Waals surface area contributed by atoms with Gasteiger partial charge in [0.25, 0.3) is 0 Å². The number of nitrogens with two attached hydrogens (primary N) is 1. The summed E-state index contributed by atoms with van der Waals surface area (Å²) in [4.78, 5) is 12.3. The molecule has 9 heteroatoms. The number of nitriles is 1. The van der Waals surface area contributed by atoms with Crippen molar-refractivity contribution >= 4 is 28.8 Å². The van der Waals surface area contributed by atoms with E-state index in [2.05, 4.69) is 31.0 Å². The van der Waals surface area contributed by atoms with Gasteiger partial charge in [0.05, 0.1) is 5.69 Å². The molecule has 0 saturated heterocycles. The lowest BCUT2D eigenvalue weighted by molar-refractivity contribution is 0.697. The molecule has 0 saturated carbocycles. The molecular weight excluding hydrogens is 276 g/mol. The second kappa shape index (κ2) is 9.71. The predicted octanol–water partition coefficient (Wildman–Crippen LogP) is 0.235. The van der Waals surface area contributed by atoms with Gasteiger partial charge in [-0.1, -0.05) is 0 Å². The van der Waals surface area contributed by atoms with Crippen molar-refractivity contribution in [2.75, 3.05) is 13.6 Å². The average Bonchev–Trinajstić information content (AvgIpc) is 2.91. The van der Waals surface area contributed by atoms with E-state index in [1.54, 1.807) is 7.05 Å². The number of unbranched alkanes of at least 4 members (excludes halogenated alkanes) is 1. The number of rotatable bonds is 7. The van der Waals surface area contributed by atoms with E-state index in [1.807, 2.05) is 11.6 Å². The fourth-order valence-electron chi connectivity index (χ4n) is 1.43. The van der Waals surface area contributed by atoms with Crippen LogP contribution in [-0.2, 0) is 6.42 Å². The second-order valence-corrected chi connectivity index (χ2v) is 4.58. The summed E-state index contributed by atoms with van der Waals surface area (Å²) in [7, 11) is 1.63. The van der Waals surface area contributed by atoms with Crippen LogP contribution in [-0.4, -0.2) is 30.9 Å². The first-order chi connectivity index (χ1) is 9.80. The van der Waals surface area contributed by atoms with E-state index in [0.29, 0.717) is 11.1 Å². The smallest absolute Gasteiger partial charge is 0.210 e. The molecular formula is C11H18N8S. The van der Waals surface area contributed by atoms with E-state index in [4.69, 9.17) is 11.1 Å². The van der Waals surface area contributed by atoms with Gasteiger partial charge in [-0.3, -0.25) is 10.3 Å². The Bertz CT molecular complexity index is 487. The predicted molar refractivity (Wildman–Crippen MR) is 80.6 cm³/mol. The normalized spacial score (nSPS) is 11.3. The highest BCUT2D eigenvalue weighted by Gasteiger charge is 2.00. The lowest BCUT2D eigenvalue weighted by atomic mass is 10.2. The van der Waals surface area contributed by atoms with E-state index in [0.717, 1.165) is 31.5 Å². The van der Waals surface area contributed by atoms with Crippen LogP contribution in [0.4, 0.5) is 5.13 Å². The molecule has 0 radical (unpaired) electrons. The summed E-state index contributed by atoms with van der Waals surface area (Å²) in [6.45, 7) is 0.758. The summed E-state index contributed by atoms with van der Waals surface area (Å²) < 4.78 is 0. The van der Waals surface area contributed by atoms with Crippen LogP contribution in [0.25, 0.3) is 0 Å². The van der Waals surface area contributed by atoms with Gasteiger partial charge < -0.3 is 10.7 Å². The maximum atomic E-state index is 8.47. The Morgan fingerprint density at radius 2 is 2.45 bits per heavy atom. The van der Waals surface area contributed by atoms with Crippen LogP contribution < -0.4 is 21.9 Å². The summed E-state index contributed by atoms with van der Waals surface area (Å²) in [6.07, 6.45) is 6.09. The summed E-state index contributed by atoms with van der Waals surface area (Å²) in [5, 5.41) is 16.7. The number of thiazole rings is 1. The molecule has 0 amide bonds. The summed E-state index contributed by atoms with van der Waals surface area (Å²) in [5.74, 6) is 5.58. The number of hydrogen-bond acceptors (Lipinski definition) is 6. The average molecular weight is 294 g/mol. The number of nitrogens with one attached hydrogen (secondary N) is 3. The number of hydrazine groups is 1. The zero-order valence-electron chi connectivity index (χ0n) is 11.3. The van der Waals surface area contributed by atoms with Crippen LogP contribution >= 0.6 is 11.3 Å². The molecule has 0 atom stereocenters. The third-order valence-electron chi connectivity index (χ3n) is 2.34. The second-order valence-electron chi connectivity index (χ2n) is 3.74. The Hall–Kier alpha value is -2.18. The lowest BCUT2D eigenvalue weighted by Gasteiger charge is -2.05. The van der Waals surface area contributed by atoms with Gasteiger partial charge in [0.15, 0.2) is 6.19 Å². The Morgan fingerprint density at radius 3 is 3.15 bits per heavy atom. The minimum atomic E-state index is 0.493. The first-order valence-corrected chi connectivity index (χ1v) is 6.97. The molecule has 1 aromatic rings.